The zero-order chi connectivity index (χ0) is 17.3. The zero-order valence-corrected chi connectivity index (χ0v) is 14.5. The molecule has 4 rings (SSSR count). The second-order valence-corrected chi connectivity index (χ2v) is 7.63. The summed E-state index contributed by atoms with van der Waals surface area (Å²) >= 11 is 0. The number of carbonyl (C=O) groups excluding carboxylic acids is 1. The Kier molecular flexibility index (Phi) is 4.35. The van der Waals surface area contributed by atoms with Crippen LogP contribution >= 0.6 is 0 Å². The van der Waals surface area contributed by atoms with Crippen LogP contribution in [0.25, 0.3) is 0 Å². The van der Waals surface area contributed by atoms with Crippen molar-refractivity contribution in [2.75, 3.05) is 44.3 Å². The third-order valence-corrected chi connectivity index (χ3v) is 5.92. The first kappa shape index (κ1) is 16.7. The molecule has 1 aliphatic carbocycles. The van der Waals surface area contributed by atoms with Crippen molar-refractivity contribution in [1.82, 2.24) is 14.9 Å². The van der Waals surface area contributed by atoms with Crippen LogP contribution in [-0.2, 0) is 9.53 Å². The maximum Gasteiger partial charge on any atom is 0.260 e. The standard InChI is InChI=1S/C18H25FN4O2/c19-18(3-1-4-18)15(24)22-9-5-17(6-10-22)13-23(11-12-25-14-17)16-20-7-2-8-21-16/h2,7-8H,1,3-6,9-14H2. The molecule has 1 aromatic heterocycles. The smallest absolute Gasteiger partial charge is 0.260 e. The normalized spacial score (nSPS) is 25.3. The molecule has 0 aromatic carbocycles. The lowest BCUT2D eigenvalue weighted by Crippen LogP contribution is -2.55. The van der Waals surface area contributed by atoms with Gasteiger partial charge in [-0.15, -0.1) is 0 Å². The van der Waals surface area contributed by atoms with Crippen LogP contribution in [0.15, 0.2) is 18.5 Å². The molecule has 0 N–H and O–H groups in total. The third kappa shape index (κ3) is 3.21. The zero-order valence-electron chi connectivity index (χ0n) is 14.5. The SMILES string of the molecule is O=C(N1CCC2(CC1)COCCN(c1ncccn1)C2)C1(F)CCC1. The maximum absolute atomic E-state index is 14.4. The van der Waals surface area contributed by atoms with Gasteiger partial charge in [-0.1, -0.05) is 0 Å². The van der Waals surface area contributed by atoms with E-state index < -0.39 is 5.67 Å². The lowest BCUT2D eigenvalue weighted by Gasteiger charge is -2.45. The van der Waals surface area contributed by atoms with Crippen molar-refractivity contribution in [1.29, 1.82) is 0 Å². The molecule has 0 unspecified atom stereocenters. The molecule has 0 atom stereocenters. The average molecular weight is 348 g/mol. The summed E-state index contributed by atoms with van der Waals surface area (Å²) in [4.78, 5) is 25.0. The van der Waals surface area contributed by atoms with Gasteiger partial charge in [0.05, 0.1) is 13.2 Å². The highest BCUT2D eigenvalue weighted by Gasteiger charge is 2.49. The monoisotopic (exact) mass is 348 g/mol. The van der Waals surface area contributed by atoms with Gasteiger partial charge in [0, 0.05) is 44.0 Å². The van der Waals surface area contributed by atoms with Gasteiger partial charge in [0.15, 0.2) is 5.67 Å². The van der Waals surface area contributed by atoms with Crippen LogP contribution in [0.1, 0.15) is 32.1 Å². The molecule has 3 fully saturated rings. The highest BCUT2D eigenvalue weighted by molar-refractivity contribution is 5.86. The van der Waals surface area contributed by atoms with E-state index in [-0.39, 0.29) is 11.3 Å². The first-order valence-electron chi connectivity index (χ1n) is 9.18. The molecule has 136 valence electrons. The lowest BCUT2D eigenvalue weighted by atomic mass is 9.76. The average Bonchev–Trinajstić information content (AvgIpc) is 2.83. The van der Waals surface area contributed by atoms with E-state index in [0.717, 1.165) is 38.3 Å². The van der Waals surface area contributed by atoms with E-state index in [1.165, 1.54) is 0 Å². The largest absolute Gasteiger partial charge is 0.379 e. The molecule has 1 amide bonds. The molecule has 25 heavy (non-hydrogen) atoms. The van der Waals surface area contributed by atoms with Crippen molar-refractivity contribution in [3.8, 4) is 0 Å². The number of hydrogen-bond donors (Lipinski definition) is 0. The fraction of sp³-hybridized carbons (Fsp3) is 0.722. The number of amides is 1. The first-order valence-corrected chi connectivity index (χ1v) is 9.18. The van der Waals surface area contributed by atoms with Crippen LogP contribution in [-0.4, -0.2) is 65.8 Å². The number of alkyl halides is 1. The minimum absolute atomic E-state index is 0.0183. The quantitative estimate of drug-likeness (QED) is 0.816. The number of hydrogen-bond acceptors (Lipinski definition) is 5. The van der Waals surface area contributed by atoms with E-state index in [0.29, 0.717) is 39.1 Å². The number of halogens is 1. The van der Waals surface area contributed by atoms with E-state index in [4.69, 9.17) is 4.74 Å². The van der Waals surface area contributed by atoms with Crippen molar-refractivity contribution >= 4 is 11.9 Å². The fourth-order valence-corrected chi connectivity index (χ4v) is 4.09. The van der Waals surface area contributed by atoms with Gasteiger partial charge in [-0.2, -0.15) is 0 Å². The summed E-state index contributed by atoms with van der Waals surface area (Å²) in [5.41, 5.74) is -1.61. The topological polar surface area (TPSA) is 58.6 Å². The Morgan fingerprint density at radius 1 is 1.12 bits per heavy atom. The van der Waals surface area contributed by atoms with Gasteiger partial charge in [-0.3, -0.25) is 4.79 Å². The van der Waals surface area contributed by atoms with Gasteiger partial charge in [-0.25, -0.2) is 14.4 Å². The molecule has 2 aliphatic heterocycles. The Morgan fingerprint density at radius 3 is 2.48 bits per heavy atom. The molecule has 3 aliphatic rings. The Bertz CT molecular complexity index is 615. The van der Waals surface area contributed by atoms with Crippen molar-refractivity contribution in [2.45, 2.75) is 37.8 Å². The molecular formula is C18H25FN4O2. The van der Waals surface area contributed by atoms with Crippen LogP contribution in [0.3, 0.4) is 0 Å². The van der Waals surface area contributed by atoms with E-state index in [2.05, 4.69) is 14.9 Å². The molecule has 1 spiro atoms. The van der Waals surface area contributed by atoms with Gasteiger partial charge in [0.2, 0.25) is 5.95 Å². The Labute approximate surface area is 147 Å². The summed E-state index contributed by atoms with van der Waals surface area (Å²) in [6.07, 6.45) is 6.75. The number of carbonyl (C=O) groups is 1. The summed E-state index contributed by atoms with van der Waals surface area (Å²) < 4.78 is 20.3. The van der Waals surface area contributed by atoms with Gasteiger partial charge in [-0.05, 0) is 38.2 Å². The predicted molar refractivity (Wildman–Crippen MR) is 91.0 cm³/mol. The molecule has 7 heteroatoms. The Morgan fingerprint density at radius 2 is 1.84 bits per heavy atom. The fourth-order valence-electron chi connectivity index (χ4n) is 4.09. The van der Waals surface area contributed by atoms with Gasteiger partial charge in [0.1, 0.15) is 0 Å². The van der Waals surface area contributed by atoms with Gasteiger partial charge < -0.3 is 14.5 Å². The van der Waals surface area contributed by atoms with E-state index in [1.54, 1.807) is 17.3 Å². The predicted octanol–water partition coefficient (Wildman–Crippen LogP) is 1.81. The second-order valence-electron chi connectivity index (χ2n) is 7.63. The van der Waals surface area contributed by atoms with Crippen LogP contribution in [0.5, 0.6) is 0 Å². The molecule has 0 radical (unpaired) electrons. The minimum Gasteiger partial charge on any atom is -0.379 e. The number of piperidine rings is 1. The van der Waals surface area contributed by atoms with Crippen LogP contribution in [0.4, 0.5) is 10.3 Å². The minimum atomic E-state index is -1.59. The van der Waals surface area contributed by atoms with E-state index >= 15 is 0 Å². The van der Waals surface area contributed by atoms with E-state index in [9.17, 15) is 9.18 Å². The van der Waals surface area contributed by atoms with Crippen LogP contribution < -0.4 is 4.90 Å². The van der Waals surface area contributed by atoms with Crippen molar-refractivity contribution in [2.24, 2.45) is 5.41 Å². The summed E-state index contributed by atoms with van der Waals surface area (Å²) in [7, 11) is 0. The molecule has 2 saturated heterocycles. The number of ether oxygens (including phenoxy) is 1. The number of rotatable bonds is 2. The van der Waals surface area contributed by atoms with Crippen LogP contribution in [0, 0.1) is 5.41 Å². The summed E-state index contributed by atoms with van der Waals surface area (Å²) in [6.45, 7) is 4.13. The highest BCUT2D eigenvalue weighted by atomic mass is 19.1. The number of anilines is 1. The molecular weight excluding hydrogens is 323 g/mol. The molecule has 1 saturated carbocycles. The maximum atomic E-state index is 14.4. The van der Waals surface area contributed by atoms with E-state index in [1.807, 2.05) is 6.07 Å². The highest BCUT2D eigenvalue weighted by Crippen LogP contribution is 2.40. The van der Waals surface area contributed by atoms with Crippen molar-refractivity contribution in [3.05, 3.63) is 18.5 Å². The molecule has 3 heterocycles. The summed E-state index contributed by atoms with van der Waals surface area (Å²) in [5.74, 6) is 0.425. The second kappa shape index (κ2) is 6.52. The summed E-state index contributed by atoms with van der Waals surface area (Å²) in [5, 5.41) is 0. The number of nitrogens with zero attached hydrogens (tertiary/aromatic N) is 4. The third-order valence-electron chi connectivity index (χ3n) is 5.92. The Hall–Kier alpha value is -1.76. The number of likely N-dealkylation sites (tertiary alicyclic amines) is 1. The lowest BCUT2D eigenvalue weighted by molar-refractivity contribution is -0.152. The first-order chi connectivity index (χ1) is 12.1. The van der Waals surface area contributed by atoms with Crippen molar-refractivity contribution < 1.29 is 13.9 Å². The molecule has 0 bridgehead atoms. The van der Waals surface area contributed by atoms with Crippen LogP contribution in [0.2, 0.25) is 0 Å². The van der Waals surface area contributed by atoms with Gasteiger partial charge >= 0.3 is 0 Å². The molecule has 1 aromatic rings. The molecule has 6 nitrogen and oxygen atoms in total. The van der Waals surface area contributed by atoms with Gasteiger partial charge in [0.25, 0.3) is 5.91 Å². The summed E-state index contributed by atoms with van der Waals surface area (Å²) in [6, 6.07) is 1.81. The van der Waals surface area contributed by atoms with Crippen molar-refractivity contribution in [3.63, 3.8) is 0 Å². The Balaban J connectivity index is 1.43. The number of aromatic nitrogens is 2.